The van der Waals surface area contributed by atoms with Gasteiger partial charge in [-0.15, -0.1) is 10.2 Å². The number of hydrogen-bond donors (Lipinski definition) is 1. The van der Waals surface area contributed by atoms with Crippen LogP contribution in [-0.4, -0.2) is 30.9 Å². The van der Waals surface area contributed by atoms with E-state index in [0.29, 0.717) is 6.42 Å². The van der Waals surface area contributed by atoms with Crippen LogP contribution in [0.4, 0.5) is 0 Å². The van der Waals surface area contributed by atoms with Crippen LogP contribution in [0.5, 0.6) is 0 Å². The Labute approximate surface area is 102 Å². The maximum atomic E-state index is 10.4. The minimum absolute atomic E-state index is 0.226. The molecule has 0 saturated heterocycles. The lowest BCUT2D eigenvalue weighted by atomic mass is 10.2. The molecule has 92 valence electrons. The molecule has 17 heavy (non-hydrogen) atoms. The van der Waals surface area contributed by atoms with Crippen molar-refractivity contribution >= 4 is 22.3 Å². The Morgan fingerprint density at radius 3 is 2.94 bits per heavy atom. The summed E-state index contributed by atoms with van der Waals surface area (Å²) in [5.74, 6) is 0.129. The highest BCUT2D eigenvalue weighted by atomic mass is 32.1. The van der Waals surface area contributed by atoms with Crippen LogP contribution in [0, 0.1) is 0 Å². The van der Waals surface area contributed by atoms with E-state index in [-0.39, 0.29) is 6.42 Å². The zero-order valence-corrected chi connectivity index (χ0v) is 10.4. The van der Waals surface area contributed by atoms with Gasteiger partial charge in [0.2, 0.25) is 4.96 Å². The van der Waals surface area contributed by atoms with Crippen molar-refractivity contribution in [3.8, 4) is 0 Å². The number of fused-ring (bicyclic) bond motifs is 1. The maximum Gasteiger partial charge on any atom is 0.303 e. The van der Waals surface area contributed by atoms with Gasteiger partial charge in [-0.1, -0.05) is 18.3 Å². The number of carboxylic acid groups (broad SMARTS) is 1. The zero-order valence-electron chi connectivity index (χ0n) is 9.59. The van der Waals surface area contributed by atoms with Gasteiger partial charge in [-0.25, -0.2) is 0 Å². The average molecular weight is 254 g/mol. The number of aromatic nitrogens is 4. The first-order chi connectivity index (χ1) is 8.20. The van der Waals surface area contributed by atoms with E-state index >= 15 is 0 Å². The van der Waals surface area contributed by atoms with Crippen molar-refractivity contribution in [1.82, 2.24) is 19.8 Å². The lowest BCUT2D eigenvalue weighted by Crippen LogP contribution is -1.96. The van der Waals surface area contributed by atoms with Gasteiger partial charge in [-0.05, 0) is 12.8 Å². The molecule has 2 aromatic heterocycles. The highest BCUT2D eigenvalue weighted by Crippen LogP contribution is 2.16. The van der Waals surface area contributed by atoms with Gasteiger partial charge in [0, 0.05) is 19.3 Å². The number of hydrogen-bond acceptors (Lipinski definition) is 5. The summed E-state index contributed by atoms with van der Waals surface area (Å²) in [6, 6.07) is 0. The largest absolute Gasteiger partial charge is 0.481 e. The molecule has 0 aliphatic carbocycles. The average Bonchev–Trinajstić information content (AvgIpc) is 2.83. The maximum absolute atomic E-state index is 10.4. The summed E-state index contributed by atoms with van der Waals surface area (Å²) >= 11 is 1.52. The van der Waals surface area contributed by atoms with Crippen LogP contribution in [0.2, 0.25) is 0 Å². The van der Waals surface area contributed by atoms with E-state index in [1.807, 2.05) is 6.92 Å². The number of carboxylic acids is 1. The van der Waals surface area contributed by atoms with Crippen molar-refractivity contribution in [2.24, 2.45) is 0 Å². The van der Waals surface area contributed by atoms with Crippen LogP contribution >= 0.6 is 11.3 Å². The van der Waals surface area contributed by atoms with Crippen molar-refractivity contribution in [1.29, 1.82) is 0 Å². The number of aryl methyl sites for hydroxylation is 2. The predicted octanol–water partition coefficient (Wildman–Crippen LogP) is 1.55. The van der Waals surface area contributed by atoms with Gasteiger partial charge in [0.15, 0.2) is 5.82 Å². The normalized spacial score (nSPS) is 11.1. The Morgan fingerprint density at radius 1 is 1.41 bits per heavy atom. The molecule has 0 aliphatic rings. The molecule has 0 unspecified atom stereocenters. The number of aliphatic carboxylic acids is 1. The van der Waals surface area contributed by atoms with Crippen LogP contribution in [0.25, 0.3) is 4.96 Å². The van der Waals surface area contributed by atoms with E-state index < -0.39 is 5.97 Å². The second-order valence-corrected chi connectivity index (χ2v) is 4.80. The van der Waals surface area contributed by atoms with Crippen molar-refractivity contribution in [3.05, 3.63) is 10.8 Å². The Bertz CT molecular complexity index is 519. The Balaban J connectivity index is 1.95. The summed E-state index contributed by atoms with van der Waals surface area (Å²) < 4.78 is 1.77. The smallest absolute Gasteiger partial charge is 0.303 e. The SMILES string of the molecule is CCc1nnc2sc(CCCCC(=O)O)nn12. The molecule has 2 rings (SSSR count). The molecule has 0 aliphatic heterocycles. The molecular formula is C10H14N4O2S. The molecule has 0 atom stereocenters. The number of rotatable bonds is 6. The fourth-order valence-electron chi connectivity index (χ4n) is 1.57. The standard InChI is InChI=1S/C10H14N4O2S/c1-2-7-11-12-10-14(7)13-8(17-10)5-3-4-6-9(15)16/h2-6H2,1H3,(H,15,16). The second kappa shape index (κ2) is 5.22. The first-order valence-corrected chi connectivity index (χ1v) is 6.44. The summed E-state index contributed by atoms with van der Waals surface area (Å²) in [5, 5.41) is 22.0. The van der Waals surface area contributed by atoms with Gasteiger partial charge in [0.25, 0.3) is 0 Å². The van der Waals surface area contributed by atoms with Crippen LogP contribution < -0.4 is 0 Å². The highest BCUT2D eigenvalue weighted by molar-refractivity contribution is 7.16. The molecule has 0 bridgehead atoms. The minimum Gasteiger partial charge on any atom is -0.481 e. The summed E-state index contributed by atoms with van der Waals surface area (Å²) in [4.78, 5) is 11.2. The Morgan fingerprint density at radius 2 is 2.24 bits per heavy atom. The van der Waals surface area contributed by atoms with Crippen LogP contribution in [0.3, 0.4) is 0 Å². The molecular weight excluding hydrogens is 240 g/mol. The topological polar surface area (TPSA) is 80.4 Å². The Hall–Kier alpha value is -1.50. The molecule has 2 heterocycles. The van der Waals surface area contributed by atoms with E-state index in [0.717, 1.165) is 35.1 Å². The third-order valence-electron chi connectivity index (χ3n) is 2.44. The molecule has 6 nitrogen and oxygen atoms in total. The second-order valence-electron chi connectivity index (χ2n) is 3.76. The summed E-state index contributed by atoms with van der Waals surface area (Å²) in [5.41, 5.74) is 0. The highest BCUT2D eigenvalue weighted by Gasteiger charge is 2.09. The Kier molecular flexibility index (Phi) is 3.68. The third kappa shape index (κ3) is 2.79. The first kappa shape index (κ1) is 12.0. The van der Waals surface area contributed by atoms with Crippen molar-refractivity contribution in [2.75, 3.05) is 0 Å². The van der Waals surface area contributed by atoms with Crippen molar-refractivity contribution in [2.45, 2.75) is 39.0 Å². The summed E-state index contributed by atoms with van der Waals surface area (Å²) in [6.45, 7) is 2.02. The van der Waals surface area contributed by atoms with E-state index in [9.17, 15) is 4.79 Å². The van der Waals surface area contributed by atoms with E-state index in [4.69, 9.17) is 5.11 Å². The van der Waals surface area contributed by atoms with Gasteiger partial charge in [0.1, 0.15) is 5.01 Å². The first-order valence-electron chi connectivity index (χ1n) is 5.62. The van der Waals surface area contributed by atoms with Gasteiger partial charge in [-0.3, -0.25) is 4.79 Å². The van der Waals surface area contributed by atoms with Crippen LogP contribution in [0.1, 0.15) is 37.0 Å². The monoisotopic (exact) mass is 254 g/mol. The molecule has 1 N–H and O–H groups in total. The van der Waals surface area contributed by atoms with E-state index in [1.54, 1.807) is 4.52 Å². The molecule has 0 amide bonds. The fourth-order valence-corrected chi connectivity index (χ4v) is 2.46. The van der Waals surface area contributed by atoms with Gasteiger partial charge >= 0.3 is 5.97 Å². The van der Waals surface area contributed by atoms with Crippen molar-refractivity contribution in [3.63, 3.8) is 0 Å². The molecule has 0 saturated carbocycles. The molecule has 0 aromatic carbocycles. The summed E-state index contributed by atoms with van der Waals surface area (Å²) in [7, 11) is 0. The van der Waals surface area contributed by atoms with Gasteiger partial charge in [-0.2, -0.15) is 9.61 Å². The predicted molar refractivity (Wildman–Crippen MR) is 63.2 cm³/mol. The number of nitrogens with zero attached hydrogens (tertiary/aromatic N) is 4. The quantitative estimate of drug-likeness (QED) is 0.791. The minimum atomic E-state index is -0.739. The van der Waals surface area contributed by atoms with Gasteiger partial charge < -0.3 is 5.11 Å². The lowest BCUT2D eigenvalue weighted by Gasteiger charge is -1.94. The zero-order chi connectivity index (χ0) is 12.3. The van der Waals surface area contributed by atoms with E-state index in [2.05, 4.69) is 15.3 Å². The number of carbonyl (C=O) groups is 1. The van der Waals surface area contributed by atoms with Crippen molar-refractivity contribution < 1.29 is 9.90 Å². The number of unbranched alkanes of at least 4 members (excludes halogenated alkanes) is 1. The lowest BCUT2D eigenvalue weighted by molar-refractivity contribution is -0.137. The molecule has 2 aromatic rings. The third-order valence-corrected chi connectivity index (χ3v) is 3.40. The van der Waals surface area contributed by atoms with E-state index in [1.165, 1.54) is 11.3 Å². The fraction of sp³-hybridized carbons (Fsp3) is 0.600. The van der Waals surface area contributed by atoms with Gasteiger partial charge in [0.05, 0.1) is 0 Å². The van der Waals surface area contributed by atoms with Crippen LogP contribution in [0.15, 0.2) is 0 Å². The molecule has 0 radical (unpaired) electrons. The summed E-state index contributed by atoms with van der Waals surface area (Å²) in [6.07, 6.45) is 3.38. The molecule has 7 heteroatoms. The van der Waals surface area contributed by atoms with Crippen LogP contribution in [-0.2, 0) is 17.6 Å². The molecule has 0 spiro atoms. The molecule has 0 fully saturated rings.